The first kappa shape index (κ1) is 14.6. The predicted octanol–water partition coefficient (Wildman–Crippen LogP) is 1.96. The van der Waals surface area contributed by atoms with Crippen molar-refractivity contribution in [2.75, 3.05) is 6.54 Å². The molecule has 1 aliphatic heterocycles. The molecular formula is C14H16ClN3O2S. The van der Waals surface area contributed by atoms with Gasteiger partial charge in [-0.1, -0.05) is 23.7 Å². The van der Waals surface area contributed by atoms with Gasteiger partial charge in [0.05, 0.1) is 30.0 Å². The second kappa shape index (κ2) is 5.44. The number of aryl methyl sites for hydroxylation is 1. The molecule has 0 aliphatic carbocycles. The van der Waals surface area contributed by atoms with Crippen molar-refractivity contribution in [3.8, 4) is 0 Å². The molecule has 0 spiro atoms. The van der Waals surface area contributed by atoms with Crippen molar-refractivity contribution in [1.82, 2.24) is 13.9 Å². The van der Waals surface area contributed by atoms with E-state index in [0.717, 1.165) is 17.0 Å². The summed E-state index contributed by atoms with van der Waals surface area (Å²) >= 11 is 5.82. The predicted molar refractivity (Wildman–Crippen MR) is 81.4 cm³/mol. The monoisotopic (exact) mass is 325 g/mol. The topological polar surface area (TPSA) is 55.2 Å². The fraction of sp³-hybridized carbons (Fsp3) is 0.357. The summed E-state index contributed by atoms with van der Waals surface area (Å²) in [5, 5.41) is 0.605. The molecule has 0 saturated carbocycles. The minimum atomic E-state index is -3.34. The maximum atomic E-state index is 12.5. The average molecular weight is 326 g/mol. The Morgan fingerprint density at radius 3 is 2.71 bits per heavy atom. The highest BCUT2D eigenvalue weighted by Gasteiger charge is 2.28. The van der Waals surface area contributed by atoms with Gasteiger partial charge in [0.2, 0.25) is 10.0 Å². The highest BCUT2D eigenvalue weighted by molar-refractivity contribution is 7.88. The van der Waals surface area contributed by atoms with Crippen LogP contribution in [0.2, 0.25) is 5.02 Å². The summed E-state index contributed by atoms with van der Waals surface area (Å²) in [6.07, 6.45) is 2.40. The zero-order valence-corrected chi connectivity index (χ0v) is 13.2. The van der Waals surface area contributed by atoms with E-state index in [1.54, 1.807) is 30.6 Å². The summed E-state index contributed by atoms with van der Waals surface area (Å²) in [6.45, 7) is 0.877. The summed E-state index contributed by atoms with van der Waals surface area (Å²) in [5.41, 5.74) is 2.71. The van der Waals surface area contributed by atoms with E-state index in [9.17, 15) is 8.42 Å². The molecule has 112 valence electrons. The van der Waals surface area contributed by atoms with E-state index in [0.29, 0.717) is 24.5 Å². The van der Waals surface area contributed by atoms with E-state index in [-0.39, 0.29) is 5.75 Å². The Balaban J connectivity index is 1.80. The maximum Gasteiger partial charge on any atom is 0.218 e. The molecule has 5 nitrogen and oxygen atoms in total. The lowest BCUT2D eigenvalue weighted by Crippen LogP contribution is -2.37. The van der Waals surface area contributed by atoms with Gasteiger partial charge in [-0.3, -0.25) is 0 Å². The molecule has 0 atom stereocenters. The number of hydrogen-bond acceptors (Lipinski definition) is 3. The molecule has 2 aromatic rings. The van der Waals surface area contributed by atoms with Gasteiger partial charge in [0.25, 0.3) is 0 Å². The van der Waals surface area contributed by atoms with Crippen LogP contribution in [0.5, 0.6) is 0 Å². The zero-order valence-electron chi connectivity index (χ0n) is 11.7. The molecule has 1 aromatic heterocycles. The van der Waals surface area contributed by atoms with Crippen LogP contribution in [-0.4, -0.2) is 28.8 Å². The van der Waals surface area contributed by atoms with E-state index < -0.39 is 10.0 Å². The summed E-state index contributed by atoms with van der Waals surface area (Å²) < 4.78 is 28.5. The van der Waals surface area contributed by atoms with Crippen LogP contribution in [0.25, 0.3) is 0 Å². The van der Waals surface area contributed by atoms with Crippen LogP contribution < -0.4 is 0 Å². The zero-order chi connectivity index (χ0) is 15.0. The Bertz CT molecular complexity index is 753. The third kappa shape index (κ3) is 2.97. The minimum absolute atomic E-state index is 0.00263. The number of fused-ring (bicyclic) bond motifs is 1. The molecule has 21 heavy (non-hydrogen) atoms. The third-order valence-corrected chi connectivity index (χ3v) is 5.77. The Labute approximate surface area is 129 Å². The summed E-state index contributed by atoms with van der Waals surface area (Å²) in [5.74, 6) is -0.00263. The lowest BCUT2D eigenvalue weighted by molar-refractivity contribution is 0.379. The smallest absolute Gasteiger partial charge is 0.218 e. The number of nitrogens with zero attached hydrogens (tertiary/aromatic N) is 3. The van der Waals surface area contributed by atoms with Crippen LogP contribution in [0.4, 0.5) is 0 Å². The van der Waals surface area contributed by atoms with Crippen molar-refractivity contribution in [2.24, 2.45) is 7.05 Å². The second-order valence-corrected chi connectivity index (χ2v) is 7.62. The van der Waals surface area contributed by atoms with E-state index in [2.05, 4.69) is 4.98 Å². The number of aromatic nitrogens is 2. The third-order valence-electron chi connectivity index (χ3n) is 3.73. The van der Waals surface area contributed by atoms with Gasteiger partial charge < -0.3 is 4.57 Å². The van der Waals surface area contributed by atoms with Crippen LogP contribution >= 0.6 is 11.6 Å². The van der Waals surface area contributed by atoms with Crippen LogP contribution in [0, 0.1) is 0 Å². The van der Waals surface area contributed by atoms with Crippen molar-refractivity contribution in [1.29, 1.82) is 0 Å². The Morgan fingerprint density at radius 2 is 2.00 bits per heavy atom. The van der Waals surface area contributed by atoms with Gasteiger partial charge in [-0.2, -0.15) is 4.31 Å². The molecule has 0 amide bonds. The standard InChI is InChI=1S/C14H16ClN3O2S/c1-17-10-16-13-6-7-18(8-14(13)17)21(19,20)9-11-2-4-12(15)5-3-11/h2-5,10H,6-9H2,1H3. The minimum Gasteiger partial charge on any atom is -0.336 e. The molecule has 3 rings (SSSR count). The number of rotatable bonds is 3. The van der Waals surface area contributed by atoms with Crippen molar-refractivity contribution in [3.05, 3.63) is 52.6 Å². The molecule has 0 N–H and O–H groups in total. The lowest BCUT2D eigenvalue weighted by atomic mass is 10.2. The highest BCUT2D eigenvalue weighted by Crippen LogP contribution is 2.22. The summed E-state index contributed by atoms with van der Waals surface area (Å²) in [6, 6.07) is 6.92. The van der Waals surface area contributed by atoms with Crippen molar-refractivity contribution in [2.45, 2.75) is 18.7 Å². The van der Waals surface area contributed by atoms with Crippen LogP contribution in [0.15, 0.2) is 30.6 Å². The Hall–Kier alpha value is -1.37. The van der Waals surface area contributed by atoms with Crippen molar-refractivity contribution < 1.29 is 8.42 Å². The quantitative estimate of drug-likeness (QED) is 0.867. The molecular weight excluding hydrogens is 310 g/mol. The van der Waals surface area contributed by atoms with Crippen LogP contribution in [0.1, 0.15) is 17.0 Å². The first-order chi connectivity index (χ1) is 9.95. The number of halogens is 1. The maximum absolute atomic E-state index is 12.5. The number of imidazole rings is 1. The highest BCUT2D eigenvalue weighted by atomic mass is 35.5. The van der Waals surface area contributed by atoms with Gasteiger partial charge in [0.1, 0.15) is 0 Å². The molecule has 0 fully saturated rings. The van der Waals surface area contributed by atoms with Crippen LogP contribution in [-0.2, 0) is 35.8 Å². The van der Waals surface area contributed by atoms with Gasteiger partial charge in [-0.15, -0.1) is 0 Å². The van der Waals surface area contributed by atoms with Gasteiger partial charge in [0, 0.05) is 25.0 Å². The van der Waals surface area contributed by atoms with E-state index in [1.807, 2.05) is 11.6 Å². The molecule has 7 heteroatoms. The summed E-state index contributed by atoms with van der Waals surface area (Å²) in [4.78, 5) is 4.29. The molecule has 0 bridgehead atoms. The fourth-order valence-electron chi connectivity index (χ4n) is 2.51. The largest absolute Gasteiger partial charge is 0.336 e. The lowest BCUT2D eigenvalue weighted by Gasteiger charge is -2.26. The van der Waals surface area contributed by atoms with E-state index >= 15 is 0 Å². The molecule has 0 unspecified atom stereocenters. The SMILES string of the molecule is Cn1cnc2c1CN(S(=O)(=O)Cc1ccc(Cl)cc1)CC2. The average Bonchev–Trinajstić information content (AvgIpc) is 2.82. The van der Waals surface area contributed by atoms with E-state index in [1.165, 1.54) is 4.31 Å². The van der Waals surface area contributed by atoms with E-state index in [4.69, 9.17) is 11.6 Å². The molecule has 1 aromatic carbocycles. The Morgan fingerprint density at radius 1 is 1.29 bits per heavy atom. The normalized spacial score (nSPS) is 15.9. The van der Waals surface area contributed by atoms with Gasteiger partial charge in [0.15, 0.2) is 0 Å². The fourth-order valence-corrected chi connectivity index (χ4v) is 4.12. The first-order valence-corrected chi connectivity index (χ1v) is 8.66. The molecule has 0 saturated heterocycles. The molecule has 0 radical (unpaired) electrons. The van der Waals surface area contributed by atoms with Gasteiger partial charge in [-0.25, -0.2) is 13.4 Å². The number of hydrogen-bond donors (Lipinski definition) is 0. The van der Waals surface area contributed by atoms with Crippen LogP contribution in [0.3, 0.4) is 0 Å². The molecule has 2 heterocycles. The summed E-state index contributed by atoms with van der Waals surface area (Å²) in [7, 11) is -1.45. The molecule has 1 aliphatic rings. The first-order valence-electron chi connectivity index (χ1n) is 6.67. The van der Waals surface area contributed by atoms with Gasteiger partial charge >= 0.3 is 0 Å². The second-order valence-electron chi connectivity index (χ2n) is 5.22. The number of benzene rings is 1. The van der Waals surface area contributed by atoms with Crippen molar-refractivity contribution in [3.63, 3.8) is 0 Å². The Kier molecular flexibility index (Phi) is 3.77. The van der Waals surface area contributed by atoms with Crippen molar-refractivity contribution >= 4 is 21.6 Å². The number of sulfonamides is 1. The van der Waals surface area contributed by atoms with Gasteiger partial charge in [-0.05, 0) is 17.7 Å².